The van der Waals surface area contributed by atoms with Gasteiger partial charge in [0, 0.05) is 5.02 Å². The van der Waals surface area contributed by atoms with E-state index in [0.29, 0.717) is 17.4 Å². The summed E-state index contributed by atoms with van der Waals surface area (Å²) >= 11 is 5.93. The lowest BCUT2D eigenvalue weighted by Crippen LogP contribution is -2.07. The van der Waals surface area contributed by atoms with Gasteiger partial charge in [-0.25, -0.2) is 0 Å². The van der Waals surface area contributed by atoms with Crippen LogP contribution in [0.1, 0.15) is 12.5 Å². The lowest BCUT2D eigenvalue weighted by molar-refractivity contribution is -0.142. The highest BCUT2D eigenvalue weighted by atomic mass is 35.5. The Morgan fingerprint density at radius 2 is 2.20 bits per heavy atom. The highest BCUT2D eigenvalue weighted by Crippen LogP contribution is 2.22. The van der Waals surface area contributed by atoms with Gasteiger partial charge in [0.15, 0.2) is 0 Å². The zero-order valence-electron chi connectivity index (χ0n) is 8.75. The van der Waals surface area contributed by atoms with Crippen LogP contribution in [0.2, 0.25) is 5.02 Å². The third kappa shape index (κ3) is 3.44. The fourth-order valence-electron chi connectivity index (χ4n) is 1.18. The minimum Gasteiger partial charge on any atom is -0.497 e. The first-order valence-electron chi connectivity index (χ1n) is 4.65. The third-order valence-electron chi connectivity index (χ3n) is 1.89. The van der Waals surface area contributed by atoms with Gasteiger partial charge in [-0.05, 0) is 30.7 Å². The number of esters is 1. The van der Waals surface area contributed by atoms with Crippen molar-refractivity contribution in [2.24, 2.45) is 0 Å². The maximum absolute atomic E-state index is 11.2. The Labute approximate surface area is 93.9 Å². The molecule has 0 atom stereocenters. The molecule has 1 aromatic carbocycles. The lowest BCUT2D eigenvalue weighted by atomic mass is 10.1. The van der Waals surface area contributed by atoms with Crippen molar-refractivity contribution in [2.45, 2.75) is 13.3 Å². The lowest BCUT2D eigenvalue weighted by Gasteiger charge is -2.06. The third-order valence-corrected chi connectivity index (χ3v) is 2.26. The summed E-state index contributed by atoms with van der Waals surface area (Å²) in [5.41, 5.74) is 0.717. The minimum atomic E-state index is -0.285. The van der Waals surface area contributed by atoms with E-state index in [9.17, 15) is 4.79 Å². The van der Waals surface area contributed by atoms with Gasteiger partial charge < -0.3 is 9.47 Å². The number of carbonyl (C=O) groups is 1. The van der Waals surface area contributed by atoms with Crippen molar-refractivity contribution in [1.82, 2.24) is 0 Å². The van der Waals surface area contributed by atoms with Crippen molar-refractivity contribution in [3.8, 4) is 5.75 Å². The maximum Gasteiger partial charge on any atom is 0.310 e. The van der Waals surface area contributed by atoms with Crippen molar-refractivity contribution in [2.75, 3.05) is 13.7 Å². The van der Waals surface area contributed by atoms with E-state index >= 15 is 0 Å². The molecule has 0 N–H and O–H groups in total. The molecular formula is C11H13ClO3. The van der Waals surface area contributed by atoms with Gasteiger partial charge in [0.25, 0.3) is 0 Å². The molecule has 0 heterocycles. The molecule has 0 saturated heterocycles. The van der Waals surface area contributed by atoms with Gasteiger partial charge in [-0.3, -0.25) is 4.79 Å². The van der Waals surface area contributed by atoms with Crippen molar-refractivity contribution in [1.29, 1.82) is 0 Å². The number of hydrogen-bond donors (Lipinski definition) is 0. The number of halogens is 1. The predicted molar refractivity (Wildman–Crippen MR) is 58.3 cm³/mol. The minimum absolute atomic E-state index is 0.171. The molecule has 0 aliphatic heterocycles. The summed E-state index contributed by atoms with van der Waals surface area (Å²) in [6.45, 7) is 2.14. The highest BCUT2D eigenvalue weighted by Gasteiger charge is 2.08. The Hall–Kier alpha value is -1.22. The van der Waals surface area contributed by atoms with Gasteiger partial charge in [-0.2, -0.15) is 0 Å². The Bertz CT molecular complexity index is 350. The topological polar surface area (TPSA) is 35.5 Å². The molecule has 0 radical (unpaired) electrons. The van der Waals surface area contributed by atoms with E-state index in [4.69, 9.17) is 21.1 Å². The molecule has 82 valence electrons. The predicted octanol–water partition coefficient (Wildman–Crippen LogP) is 2.45. The Morgan fingerprint density at radius 3 is 2.80 bits per heavy atom. The van der Waals surface area contributed by atoms with Crippen molar-refractivity contribution >= 4 is 17.6 Å². The first kappa shape index (κ1) is 11.9. The number of carbonyl (C=O) groups excluding carboxylic acids is 1. The average Bonchev–Trinajstić information content (AvgIpc) is 2.21. The molecule has 0 spiro atoms. The van der Waals surface area contributed by atoms with Gasteiger partial charge in [0.2, 0.25) is 0 Å². The average molecular weight is 229 g/mol. The fourth-order valence-corrected chi connectivity index (χ4v) is 1.37. The van der Waals surface area contributed by atoms with Crippen LogP contribution in [0.15, 0.2) is 18.2 Å². The second-order valence-electron chi connectivity index (χ2n) is 2.94. The molecule has 0 aromatic heterocycles. The van der Waals surface area contributed by atoms with Crippen LogP contribution in [-0.2, 0) is 16.0 Å². The van der Waals surface area contributed by atoms with Gasteiger partial charge >= 0.3 is 5.97 Å². The molecule has 15 heavy (non-hydrogen) atoms. The highest BCUT2D eigenvalue weighted by molar-refractivity contribution is 6.31. The molecule has 0 bridgehead atoms. The van der Waals surface area contributed by atoms with Crippen LogP contribution >= 0.6 is 11.6 Å². The number of rotatable bonds is 4. The number of methoxy groups -OCH3 is 1. The fraction of sp³-hybridized carbons (Fsp3) is 0.364. The second-order valence-corrected chi connectivity index (χ2v) is 3.35. The first-order valence-corrected chi connectivity index (χ1v) is 5.03. The molecule has 3 nitrogen and oxygen atoms in total. The molecule has 0 aliphatic carbocycles. The molecular weight excluding hydrogens is 216 g/mol. The van der Waals surface area contributed by atoms with Crippen molar-refractivity contribution < 1.29 is 14.3 Å². The van der Waals surface area contributed by atoms with Gasteiger partial charge in [-0.1, -0.05) is 11.6 Å². The van der Waals surface area contributed by atoms with E-state index in [1.165, 1.54) is 0 Å². The molecule has 0 unspecified atom stereocenters. The number of benzene rings is 1. The van der Waals surface area contributed by atoms with E-state index in [1.807, 2.05) is 0 Å². The molecule has 0 aliphatic rings. The summed E-state index contributed by atoms with van der Waals surface area (Å²) in [5, 5.41) is 0.545. The molecule has 0 fully saturated rings. The quantitative estimate of drug-likeness (QED) is 0.743. The van der Waals surface area contributed by atoms with E-state index in [1.54, 1.807) is 32.2 Å². The monoisotopic (exact) mass is 228 g/mol. The summed E-state index contributed by atoms with van der Waals surface area (Å²) in [6.07, 6.45) is 0.171. The molecule has 0 amide bonds. The molecule has 0 saturated carbocycles. The van der Waals surface area contributed by atoms with E-state index < -0.39 is 0 Å². The Morgan fingerprint density at radius 1 is 1.47 bits per heavy atom. The Kier molecular flexibility index (Phi) is 4.43. The zero-order valence-corrected chi connectivity index (χ0v) is 9.50. The van der Waals surface area contributed by atoms with Crippen LogP contribution in [0.3, 0.4) is 0 Å². The largest absolute Gasteiger partial charge is 0.497 e. The SMILES string of the molecule is CCOC(=O)Cc1cc(OC)ccc1Cl. The van der Waals surface area contributed by atoms with Crippen LogP contribution < -0.4 is 4.74 Å². The summed E-state index contributed by atoms with van der Waals surface area (Å²) in [7, 11) is 1.57. The van der Waals surface area contributed by atoms with E-state index in [-0.39, 0.29) is 12.4 Å². The number of ether oxygens (including phenoxy) is 2. The van der Waals surface area contributed by atoms with Crippen LogP contribution in [-0.4, -0.2) is 19.7 Å². The first-order chi connectivity index (χ1) is 7.17. The number of hydrogen-bond acceptors (Lipinski definition) is 3. The molecule has 1 aromatic rings. The van der Waals surface area contributed by atoms with E-state index in [2.05, 4.69) is 0 Å². The maximum atomic E-state index is 11.2. The summed E-state index contributed by atoms with van der Waals surface area (Å²) in [6, 6.07) is 5.19. The van der Waals surface area contributed by atoms with Crippen molar-refractivity contribution in [3.05, 3.63) is 28.8 Å². The van der Waals surface area contributed by atoms with Crippen molar-refractivity contribution in [3.63, 3.8) is 0 Å². The van der Waals surface area contributed by atoms with Crippen LogP contribution in [0, 0.1) is 0 Å². The smallest absolute Gasteiger partial charge is 0.310 e. The normalized spacial score (nSPS) is 9.80. The molecule has 4 heteroatoms. The van der Waals surface area contributed by atoms with Gasteiger partial charge in [0.05, 0.1) is 20.1 Å². The standard InChI is InChI=1S/C11H13ClO3/c1-3-15-11(13)7-8-6-9(14-2)4-5-10(8)12/h4-6H,3,7H2,1-2H3. The van der Waals surface area contributed by atoms with Crippen LogP contribution in [0.5, 0.6) is 5.75 Å². The van der Waals surface area contributed by atoms with Gasteiger partial charge in [0.1, 0.15) is 5.75 Å². The van der Waals surface area contributed by atoms with E-state index in [0.717, 1.165) is 5.56 Å². The molecule has 1 rings (SSSR count). The van der Waals surface area contributed by atoms with Crippen LogP contribution in [0.25, 0.3) is 0 Å². The van der Waals surface area contributed by atoms with Gasteiger partial charge in [-0.15, -0.1) is 0 Å². The second kappa shape index (κ2) is 5.61. The summed E-state index contributed by atoms with van der Waals surface area (Å²) in [4.78, 5) is 11.2. The zero-order chi connectivity index (χ0) is 11.3. The Balaban J connectivity index is 2.79. The summed E-state index contributed by atoms with van der Waals surface area (Å²) in [5.74, 6) is 0.395. The van der Waals surface area contributed by atoms with Crippen LogP contribution in [0.4, 0.5) is 0 Å². The summed E-state index contributed by atoms with van der Waals surface area (Å²) < 4.78 is 9.88.